The van der Waals surface area contributed by atoms with E-state index in [1.54, 1.807) is 25.0 Å². The van der Waals surface area contributed by atoms with Crippen LogP contribution in [-0.4, -0.2) is 62.4 Å². The van der Waals surface area contributed by atoms with Gasteiger partial charge in [-0.2, -0.15) is 0 Å². The van der Waals surface area contributed by atoms with Gasteiger partial charge in [-0.25, -0.2) is 9.78 Å². The number of aromatic nitrogens is 2. The Labute approximate surface area is 255 Å². The Morgan fingerprint density at radius 3 is 2.33 bits per heavy atom. The van der Waals surface area contributed by atoms with Crippen LogP contribution in [0.3, 0.4) is 0 Å². The van der Waals surface area contributed by atoms with E-state index in [9.17, 15) is 19.5 Å². The SMILES string of the molecule is CSc1ncn2cc(C3=C(C(=O)OCOC(=O)C(C4CCCCC4)C4CCCCC4)N4C(=O)[C@H]([C@@H](C)O)[C@H]4[C@H]3C)sc12. The standard InChI is InChI=1S/C31H41N3O6S2/c1-17-22(21-14-33-15-32-27(41-3)29(33)42-21)26(34-25(17)23(18(2)35)28(34)36)31(38)40-16-39-30(37)24(19-10-6-4-7-11-19)20-12-8-5-9-13-20/h14-15,17-20,23-25,35H,4-13,16H2,1-3H3/t17-,18+,23+,25+/m0/s1. The molecule has 2 aromatic rings. The molecular weight excluding hydrogens is 574 g/mol. The lowest BCUT2D eigenvalue weighted by molar-refractivity contribution is -0.176. The molecule has 9 nitrogen and oxygen atoms in total. The molecule has 4 atom stereocenters. The number of thioether (sulfide) groups is 1. The maximum Gasteiger partial charge on any atom is 0.358 e. The number of rotatable bonds is 9. The minimum atomic E-state index is -0.832. The third-order valence-corrected chi connectivity index (χ3v) is 11.9. The van der Waals surface area contributed by atoms with Crippen LogP contribution in [0.5, 0.6) is 0 Å². The normalized spacial score (nSPS) is 26.1. The molecule has 1 saturated heterocycles. The smallest absolute Gasteiger partial charge is 0.358 e. The molecule has 0 radical (unpaired) electrons. The Morgan fingerprint density at radius 1 is 1.10 bits per heavy atom. The molecule has 2 aromatic heterocycles. The van der Waals surface area contributed by atoms with Gasteiger partial charge in [0.25, 0.3) is 0 Å². The van der Waals surface area contributed by atoms with E-state index in [1.807, 2.05) is 23.8 Å². The molecule has 11 heteroatoms. The number of thiazole rings is 1. The van der Waals surface area contributed by atoms with Crippen molar-refractivity contribution in [3.05, 3.63) is 23.1 Å². The highest BCUT2D eigenvalue weighted by Gasteiger charge is 2.60. The maximum atomic E-state index is 13.7. The molecule has 6 rings (SSSR count). The van der Waals surface area contributed by atoms with Crippen molar-refractivity contribution in [1.29, 1.82) is 0 Å². The Morgan fingerprint density at radius 2 is 1.74 bits per heavy atom. The van der Waals surface area contributed by atoms with Gasteiger partial charge >= 0.3 is 11.9 Å². The summed E-state index contributed by atoms with van der Waals surface area (Å²) in [6.45, 7) is 3.12. The van der Waals surface area contributed by atoms with Crippen LogP contribution < -0.4 is 0 Å². The number of β-lactam (4-membered cyclic amide) rings is 1. The number of hydrogen-bond acceptors (Lipinski definition) is 9. The van der Waals surface area contributed by atoms with Crippen LogP contribution in [0.1, 0.15) is 82.9 Å². The predicted molar refractivity (Wildman–Crippen MR) is 160 cm³/mol. The highest BCUT2D eigenvalue weighted by Crippen LogP contribution is 2.52. The van der Waals surface area contributed by atoms with E-state index in [0.29, 0.717) is 11.8 Å². The lowest BCUT2D eigenvalue weighted by Crippen LogP contribution is -2.63. The molecule has 0 aromatic carbocycles. The van der Waals surface area contributed by atoms with Gasteiger partial charge in [0.05, 0.1) is 28.9 Å². The number of hydrogen-bond donors (Lipinski definition) is 1. The van der Waals surface area contributed by atoms with Crippen LogP contribution in [0.2, 0.25) is 0 Å². The van der Waals surface area contributed by atoms with Gasteiger partial charge in [0, 0.05) is 17.7 Å². The fourth-order valence-corrected chi connectivity index (χ4v) is 9.91. The summed E-state index contributed by atoms with van der Waals surface area (Å²) < 4.78 is 13.2. The second-order valence-electron chi connectivity index (χ2n) is 12.4. The van der Waals surface area contributed by atoms with Gasteiger partial charge in [-0.3, -0.25) is 14.0 Å². The van der Waals surface area contributed by atoms with E-state index >= 15 is 0 Å². The molecule has 0 bridgehead atoms. The molecule has 4 aliphatic rings. The fraction of sp³-hybridized carbons (Fsp3) is 0.677. The van der Waals surface area contributed by atoms with Gasteiger partial charge < -0.3 is 19.5 Å². The van der Waals surface area contributed by atoms with Gasteiger partial charge in [0.2, 0.25) is 12.7 Å². The summed E-state index contributed by atoms with van der Waals surface area (Å²) in [5.41, 5.74) is 0.903. The predicted octanol–water partition coefficient (Wildman–Crippen LogP) is 5.51. The number of esters is 2. The van der Waals surface area contributed by atoms with Crippen LogP contribution in [0.25, 0.3) is 10.4 Å². The van der Waals surface area contributed by atoms with Crippen molar-refractivity contribution >= 4 is 51.3 Å². The van der Waals surface area contributed by atoms with Crippen LogP contribution >= 0.6 is 23.1 Å². The molecule has 228 valence electrons. The molecule has 4 heterocycles. The zero-order chi connectivity index (χ0) is 29.5. The summed E-state index contributed by atoms with van der Waals surface area (Å²) in [6.07, 6.45) is 16.0. The van der Waals surface area contributed by atoms with Crippen molar-refractivity contribution in [1.82, 2.24) is 14.3 Å². The largest absolute Gasteiger partial charge is 0.428 e. The summed E-state index contributed by atoms with van der Waals surface area (Å²) in [5.74, 6) is -1.49. The molecule has 42 heavy (non-hydrogen) atoms. The monoisotopic (exact) mass is 615 g/mol. The first-order valence-electron chi connectivity index (χ1n) is 15.4. The fourth-order valence-electron chi connectivity index (χ4n) is 7.99. The van der Waals surface area contributed by atoms with E-state index < -0.39 is 24.8 Å². The number of imidazole rings is 1. The highest BCUT2D eigenvalue weighted by atomic mass is 32.2. The van der Waals surface area contributed by atoms with Gasteiger partial charge in [-0.15, -0.1) is 23.1 Å². The van der Waals surface area contributed by atoms with Crippen LogP contribution in [0.15, 0.2) is 23.2 Å². The van der Waals surface area contributed by atoms with Crippen molar-refractivity contribution in [2.45, 2.75) is 95.2 Å². The Hall–Kier alpha value is -2.37. The van der Waals surface area contributed by atoms with Crippen molar-refractivity contribution in [3.63, 3.8) is 0 Å². The maximum absolute atomic E-state index is 13.7. The molecule has 2 aliphatic heterocycles. The summed E-state index contributed by atoms with van der Waals surface area (Å²) in [4.78, 5) is 48.1. The lowest BCUT2D eigenvalue weighted by atomic mass is 9.69. The second-order valence-corrected chi connectivity index (χ2v) is 14.2. The van der Waals surface area contributed by atoms with Crippen molar-refractivity contribution < 1.29 is 29.0 Å². The topological polar surface area (TPSA) is 110 Å². The quantitative estimate of drug-likeness (QED) is 0.170. The van der Waals surface area contributed by atoms with Gasteiger partial charge in [0.15, 0.2) is 0 Å². The van der Waals surface area contributed by atoms with Gasteiger partial charge in [0.1, 0.15) is 21.9 Å². The number of carbonyl (C=O) groups excluding carboxylic acids is 3. The van der Waals surface area contributed by atoms with E-state index in [4.69, 9.17) is 9.47 Å². The first-order valence-corrected chi connectivity index (χ1v) is 17.5. The Balaban J connectivity index is 1.22. The summed E-state index contributed by atoms with van der Waals surface area (Å²) in [5, 5.41) is 11.2. The number of carbonyl (C=O) groups is 3. The Kier molecular flexibility index (Phi) is 8.71. The zero-order valence-corrected chi connectivity index (χ0v) is 26.3. The minimum Gasteiger partial charge on any atom is -0.428 e. The van der Waals surface area contributed by atoms with Crippen LogP contribution in [-0.2, 0) is 23.9 Å². The van der Waals surface area contributed by atoms with E-state index in [2.05, 4.69) is 4.98 Å². The molecule has 3 fully saturated rings. The average Bonchev–Trinajstić information content (AvgIpc) is 3.63. The molecule has 2 aliphatic carbocycles. The average molecular weight is 616 g/mol. The number of fused-ring (bicyclic) bond motifs is 2. The zero-order valence-electron chi connectivity index (χ0n) is 24.6. The van der Waals surface area contributed by atoms with Crippen LogP contribution in [0, 0.1) is 29.6 Å². The molecule has 1 amide bonds. The minimum absolute atomic E-state index is 0.146. The number of aliphatic hydroxyl groups excluding tert-OH is 1. The lowest BCUT2D eigenvalue weighted by Gasteiger charge is -2.46. The number of nitrogens with zero attached hydrogens (tertiary/aromatic N) is 3. The molecular formula is C31H41N3O6S2. The van der Waals surface area contributed by atoms with E-state index in [0.717, 1.165) is 71.7 Å². The molecule has 1 N–H and O–H groups in total. The van der Waals surface area contributed by atoms with Gasteiger partial charge in [-0.1, -0.05) is 45.4 Å². The van der Waals surface area contributed by atoms with E-state index in [1.165, 1.54) is 29.1 Å². The first-order chi connectivity index (χ1) is 20.3. The highest BCUT2D eigenvalue weighted by molar-refractivity contribution is 7.98. The number of ether oxygens (including phenoxy) is 2. The first kappa shape index (κ1) is 29.7. The molecule has 0 unspecified atom stereocenters. The van der Waals surface area contributed by atoms with Crippen molar-refractivity contribution in [2.75, 3.05) is 13.0 Å². The second kappa shape index (κ2) is 12.3. The van der Waals surface area contributed by atoms with Crippen LogP contribution in [0.4, 0.5) is 0 Å². The van der Waals surface area contributed by atoms with E-state index in [-0.39, 0.29) is 35.5 Å². The van der Waals surface area contributed by atoms with Crippen molar-refractivity contribution in [2.24, 2.45) is 29.6 Å². The summed E-state index contributed by atoms with van der Waals surface area (Å²) in [7, 11) is 0. The molecule has 2 saturated carbocycles. The van der Waals surface area contributed by atoms with Gasteiger partial charge in [-0.05, 0) is 50.7 Å². The summed E-state index contributed by atoms with van der Waals surface area (Å²) in [6, 6.07) is -0.334. The third kappa shape index (κ3) is 5.19. The van der Waals surface area contributed by atoms with Crippen molar-refractivity contribution in [3.8, 4) is 0 Å². The third-order valence-electron chi connectivity index (χ3n) is 9.98. The number of amides is 1. The molecule has 0 spiro atoms. The number of aliphatic hydroxyl groups is 1. The summed E-state index contributed by atoms with van der Waals surface area (Å²) >= 11 is 3.06. The Bertz CT molecular complexity index is 1350.